The van der Waals surface area contributed by atoms with Crippen molar-refractivity contribution < 1.29 is 14.1 Å². The van der Waals surface area contributed by atoms with Crippen molar-refractivity contribution in [2.24, 2.45) is 5.92 Å². The van der Waals surface area contributed by atoms with Crippen molar-refractivity contribution in [3.8, 4) is 11.3 Å². The van der Waals surface area contributed by atoms with Gasteiger partial charge in [-0.25, -0.2) is 0 Å². The summed E-state index contributed by atoms with van der Waals surface area (Å²) in [7, 11) is 2.05. The molecule has 1 aliphatic heterocycles. The lowest BCUT2D eigenvalue weighted by molar-refractivity contribution is -0.135. The van der Waals surface area contributed by atoms with Crippen molar-refractivity contribution in [1.82, 2.24) is 20.3 Å². The monoisotopic (exact) mass is 384 g/mol. The van der Waals surface area contributed by atoms with E-state index in [0.717, 1.165) is 18.7 Å². The van der Waals surface area contributed by atoms with Crippen LogP contribution < -0.4 is 5.32 Å². The molecule has 3 rings (SSSR count). The molecular formula is C21H28N4O3. The number of nitrogens with zero attached hydrogens (tertiary/aromatic N) is 3. The Bertz CT molecular complexity index is 795. The molecular weight excluding hydrogens is 356 g/mol. The number of likely N-dealkylation sites (N-methyl/N-ethyl adjacent to an activating group) is 1. The summed E-state index contributed by atoms with van der Waals surface area (Å²) in [5, 5.41) is 6.76. The van der Waals surface area contributed by atoms with Crippen LogP contribution in [0.15, 0.2) is 40.9 Å². The van der Waals surface area contributed by atoms with Gasteiger partial charge in [-0.05, 0) is 19.4 Å². The molecule has 1 aromatic heterocycles. The molecule has 2 amide bonds. The molecule has 0 bridgehead atoms. The third-order valence-corrected chi connectivity index (χ3v) is 4.93. The second-order valence-electron chi connectivity index (χ2n) is 7.73. The van der Waals surface area contributed by atoms with E-state index in [4.69, 9.17) is 4.52 Å². The van der Waals surface area contributed by atoms with Gasteiger partial charge < -0.3 is 19.6 Å². The van der Waals surface area contributed by atoms with Gasteiger partial charge in [0, 0.05) is 37.8 Å². The minimum atomic E-state index is -0.562. The van der Waals surface area contributed by atoms with E-state index in [1.165, 1.54) is 0 Å². The van der Waals surface area contributed by atoms with Gasteiger partial charge in [0.25, 0.3) is 5.91 Å². The first-order chi connectivity index (χ1) is 13.4. The highest BCUT2D eigenvalue weighted by atomic mass is 16.5. The van der Waals surface area contributed by atoms with Crippen molar-refractivity contribution in [3.63, 3.8) is 0 Å². The molecule has 0 unspecified atom stereocenters. The minimum Gasteiger partial charge on any atom is -0.355 e. The summed E-state index contributed by atoms with van der Waals surface area (Å²) in [4.78, 5) is 29.7. The van der Waals surface area contributed by atoms with Crippen LogP contribution in [0.3, 0.4) is 0 Å². The van der Waals surface area contributed by atoms with Gasteiger partial charge in [-0.1, -0.05) is 49.3 Å². The molecule has 1 N–H and O–H groups in total. The van der Waals surface area contributed by atoms with E-state index in [-0.39, 0.29) is 23.4 Å². The Morgan fingerprint density at radius 1 is 1.14 bits per heavy atom. The van der Waals surface area contributed by atoms with Crippen molar-refractivity contribution in [1.29, 1.82) is 0 Å². The molecule has 1 aromatic carbocycles. The number of carbonyl (C=O) groups excluding carboxylic acids is 2. The number of nitrogens with one attached hydrogen (secondary N) is 1. The molecule has 2 aromatic rings. The molecule has 2 heterocycles. The average molecular weight is 384 g/mol. The van der Waals surface area contributed by atoms with E-state index in [1.54, 1.807) is 6.07 Å². The van der Waals surface area contributed by atoms with Crippen molar-refractivity contribution in [2.45, 2.75) is 26.3 Å². The molecule has 28 heavy (non-hydrogen) atoms. The van der Waals surface area contributed by atoms with Gasteiger partial charge in [-0.15, -0.1) is 0 Å². The van der Waals surface area contributed by atoms with Crippen molar-refractivity contribution >= 4 is 11.8 Å². The topological polar surface area (TPSA) is 78.7 Å². The van der Waals surface area contributed by atoms with E-state index in [1.807, 2.05) is 56.1 Å². The SMILES string of the molecule is CC(C)C[C@@H](NC(=O)c1cc(-c2ccccc2)on1)C(=O)N1CCN(C)CC1. The second-order valence-corrected chi connectivity index (χ2v) is 7.73. The van der Waals surface area contributed by atoms with Gasteiger partial charge in [0.2, 0.25) is 5.91 Å². The van der Waals surface area contributed by atoms with Crippen LogP contribution in [-0.2, 0) is 4.79 Å². The summed E-state index contributed by atoms with van der Waals surface area (Å²) in [6.07, 6.45) is 0.584. The first-order valence-corrected chi connectivity index (χ1v) is 9.74. The number of carbonyl (C=O) groups is 2. The van der Waals surface area contributed by atoms with Crippen molar-refractivity contribution in [2.75, 3.05) is 33.2 Å². The molecule has 0 aliphatic carbocycles. The number of piperazine rings is 1. The summed E-state index contributed by atoms with van der Waals surface area (Å²) in [5.74, 6) is 0.386. The Balaban J connectivity index is 1.69. The predicted octanol–water partition coefficient (Wildman–Crippen LogP) is 2.26. The smallest absolute Gasteiger partial charge is 0.274 e. The number of rotatable bonds is 6. The quantitative estimate of drug-likeness (QED) is 0.827. The molecule has 1 aliphatic rings. The summed E-state index contributed by atoms with van der Waals surface area (Å²) in [6, 6.07) is 10.5. The number of aromatic nitrogens is 1. The Labute approximate surface area is 165 Å². The maximum atomic E-state index is 13.0. The van der Waals surface area contributed by atoms with Crippen LogP contribution in [0, 0.1) is 5.92 Å². The Morgan fingerprint density at radius 2 is 1.82 bits per heavy atom. The number of benzene rings is 1. The Kier molecular flexibility index (Phi) is 6.46. The zero-order chi connectivity index (χ0) is 20.1. The normalized spacial score (nSPS) is 16.2. The lowest BCUT2D eigenvalue weighted by atomic mass is 10.0. The van der Waals surface area contributed by atoms with Crippen LogP contribution in [-0.4, -0.2) is 66.0 Å². The standard InChI is InChI=1S/C21H28N4O3/c1-15(2)13-18(21(27)25-11-9-24(3)10-12-25)22-20(26)17-14-19(28-23-17)16-7-5-4-6-8-16/h4-8,14-15,18H,9-13H2,1-3H3,(H,22,26)/t18-/m1/s1. The summed E-state index contributed by atoms with van der Waals surface area (Å²) in [5.41, 5.74) is 1.03. The van der Waals surface area contributed by atoms with E-state index in [0.29, 0.717) is 25.3 Å². The second kappa shape index (κ2) is 9.01. The highest BCUT2D eigenvalue weighted by Gasteiger charge is 2.29. The van der Waals surface area contributed by atoms with Crippen LogP contribution >= 0.6 is 0 Å². The van der Waals surface area contributed by atoms with Gasteiger partial charge in [0.15, 0.2) is 11.5 Å². The molecule has 1 atom stereocenters. The zero-order valence-corrected chi connectivity index (χ0v) is 16.7. The third kappa shape index (κ3) is 4.98. The zero-order valence-electron chi connectivity index (χ0n) is 16.7. The summed E-state index contributed by atoms with van der Waals surface area (Å²) >= 11 is 0. The first-order valence-electron chi connectivity index (χ1n) is 9.74. The Hall–Kier alpha value is -2.67. The highest BCUT2D eigenvalue weighted by Crippen LogP contribution is 2.20. The highest BCUT2D eigenvalue weighted by molar-refractivity contribution is 5.96. The maximum absolute atomic E-state index is 13.0. The molecule has 0 spiro atoms. The fraction of sp³-hybridized carbons (Fsp3) is 0.476. The van der Waals surface area contributed by atoms with Crippen LogP contribution in [0.25, 0.3) is 11.3 Å². The van der Waals surface area contributed by atoms with E-state index >= 15 is 0 Å². The van der Waals surface area contributed by atoms with Crippen LogP contribution in [0.1, 0.15) is 30.8 Å². The molecule has 1 fully saturated rings. The molecule has 0 saturated carbocycles. The molecule has 150 valence electrons. The Morgan fingerprint density at radius 3 is 2.46 bits per heavy atom. The summed E-state index contributed by atoms with van der Waals surface area (Å²) in [6.45, 7) is 7.14. The largest absolute Gasteiger partial charge is 0.355 e. The molecule has 1 saturated heterocycles. The molecule has 7 heteroatoms. The van der Waals surface area contributed by atoms with Crippen LogP contribution in [0.2, 0.25) is 0 Å². The lowest BCUT2D eigenvalue weighted by Crippen LogP contribution is -2.54. The molecule has 0 radical (unpaired) electrons. The van der Waals surface area contributed by atoms with Gasteiger partial charge >= 0.3 is 0 Å². The average Bonchev–Trinajstić information content (AvgIpc) is 3.18. The molecule has 7 nitrogen and oxygen atoms in total. The van der Waals surface area contributed by atoms with Gasteiger partial charge in [-0.2, -0.15) is 0 Å². The fourth-order valence-corrected chi connectivity index (χ4v) is 3.29. The fourth-order valence-electron chi connectivity index (χ4n) is 3.29. The predicted molar refractivity (Wildman–Crippen MR) is 107 cm³/mol. The minimum absolute atomic E-state index is 0.0260. The van der Waals surface area contributed by atoms with Crippen LogP contribution in [0.4, 0.5) is 0 Å². The lowest BCUT2D eigenvalue weighted by Gasteiger charge is -2.35. The van der Waals surface area contributed by atoms with Gasteiger partial charge in [0.05, 0.1) is 0 Å². The van der Waals surface area contributed by atoms with Gasteiger partial charge in [0.1, 0.15) is 6.04 Å². The summed E-state index contributed by atoms with van der Waals surface area (Å²) < 4.78 is 5.31. The number of amides is 2. The third-order valence-electron chi connectivity index (χ3n) is 4.93. The van der Waals surface area contributed by atoms with E-state index in [2.05, 4.69) is 15.4 Å². The van der Waals surface area contributed by atoms with Crippen molar-refractivity contribution in [3.05, 3.63) is 42.1 Å². The number of hydrogen-bond donors (Lipinski definition) is 1. The van der Waals surface area contributed by atoms with Crippen LogP contribution in [0.5, 0.6) is 0 Å². The maximum Gasteiger partial charge on any atom is 0.274 e. The first kappa shape index (κ1) is 20.1. The van der Waals surface area contributed by atoms with Gasteiger partial charge in [-0.3, -0.25) is 9.59 Å². The van der Waals surface area contributed by atoms with E-state index < -0.39 is 6.04 Å². The van der Waals surface area contributed by atoms with E-state index in [9.17, 15) is 9.59 Å². The number of hydrogen-bond acceptors (Lipinski definition) is 5.